The predicted molar refractivity (Wildman–Crippen MR) is 89.9 cm³/mol. The van der Waals surface area contributed by atoms with Crippen molar-refractivity contribution >= 4 is 5.82 Å². The molecule has 1 heterocycles. The number of aromatic nitrogens is 1. The van der Waals surface area contributed by atoms with Gasteiger partial charge in [-0.15, -0.1) is 0 Å². The first-order valence-corrected chi connectivity index (χ1v) is 7.98. The van der Waals surface area contributed by atoms with Crippen LogP contribution in [0.15, 0.2) is 12.3 Å². The molecule has 0 aliphatic carbocycles. The number of methoxy groups -OCH3 is 1. The zero-order chi connectivity index (χ0) is 15.7. The van der Waals surface area contributed by atoms with Gasteiger partial charge in [-0.3, -0.25) is 0 Å². The molecular formula is C17H31N3O. The Morgan fingerprint density at radius 2 is 2.14 bits per heavy atom. The van der Waals surface area contributed by atoms with Crippen molar-refractivity contribution in [3.05, 3.63) is 23.4 Å². The molecule has 0 spiro atoms. The second kappa shape index (κ2) is 9.74. The minimum absolute atomic E-state index is 0.606. The summed E-state index contributed by atoms with van der Waals surface area (Å²) in [5, 5.41) is 3.42. The lowest BCUT2D eigenvalue weighted by Gasteiger charge is -2.27. The summed E-state index contributed by atoms with van der Waals surface area (Å²) in [6, 6.07) is 2.24. The maximum atomic E-state index is 5.22. The molecule has 0 fully saturated rings. The smallest absolute Gasteiger partial charge is 0.131 e. The van der Waals surface area contributed by atoms with Gasteiger partial charge in [0.05, 0.1) is 6.61 Å². The monoisotopic (exact) mass is 293 g/mol. The van der Waals surface area contributed by atoms with Gasteiger partial charge in [0.2, 0.25) is 0 Å². The van der Waals surface area contributed by atoms with Crippen LogP contribution in [0.5, 0.6) is 0 Å². The van der Waals surface area contributed by atoms with Crippen LogP contribution in [-0.2, 0) is 11.3 Å². The number of anilines is 1. The molecule has 0 unspecified atom stereocenters. The number of nitrogens with zero attached hydrogens (tertiary/aromatic N) is 2. The molecule has 1 aromatic heterocycles. The van der Waals surface area contributed by atoms with Crippen molar-refractivity contribution in [1.29, 1.82) is 0 Å². The summed E-state index contributed by atoms with van der Waals surface area (Å²) in [7, 11) is 1.75. The first-order valence-electron chi connectivity index (χ1n) is 7.98. The molecule has 21 heavy (non-hydrogen) atoms. The highest BCUT2D eigenvalue weighted by molar-refractivity contribution is 5.47. The summed E-state index contributed by atoms with van der Waals surface area (Å²) in [6.45, 7) is 13.4. The van der Waals surface area contributed by atoms with E-state index in [1.165, 1.54) is 11.1 Å². The molecule has 0 aromatic carbocycles. The Bertz CT molecular complexity index is 407. The highest BCUT2D eigenvalue weighted by atomic mass is 16.5. The van der Waals surface area contributed by atoms with Gasteiger partial charge in [-0.1, -0.05) is 20.8 Å². The summed E-state index contributed by atoms with van der Waals surface area (Å²) in [5.41, 5.74) is 2.49. The molecule has 1 aromatic rings. The van der Waals surface area contributed by atoms with Crippen molar-refractivity contribution < 1.29 is 4.74 Å². The van der Waals surface area contributed by atoms with Crippen LogP contribution in [0.3, 0.4) is 0 Å². The Labute approximate surface area is 129 Å². The van der Waals surface area contributed by atoms with Gasteiger partial charge >= 0.3 is 0 Å². The summed E-state index contributed by atoms with van der Waals surface area (Å²) < 4.78 is 5.22. The van der Waals surface area contributed by atoms with Crippen LogP contribution in [0, 0.1) is 12.8 Å². The van der Waals surface area contributed by atoms with Crippen LogP contribution in [0.25, 0.3) is 0 Å². The molecule has 0 radical (unpaired) electrons. The van der Waals surface area contributed by atoms with E-state index in [1.54, 1.807) is 7.11 Å². The fourth-order valence-corrected chi connectivity index (χ4v) is 2.39. The zero-order valence-electron chi connectivity index (χ0n) is 14.3. The number of nitrogens with one attached hydrogen (secondary N) is 1. The summed E-state index contributed by atoms with van der Waals surface area (Å²) >= 11 is 0. The molecule has 4 heteroatoms. The van der Waals surface area contributed by atoms with Crippen molar-refractivity contribution in [3.8, 4) is 0 Å². The zero-order valence-corrected chi connectivity index (χ0v) is 14.3. The third-order valence-electron chi connectivity index (χ3n) is 3.31. The van der Waals surface area contributed by atoms with E-state index < -0.39 is 0 Å². The summed E-state index contributed by atoms with van der Waals surface area (Å²) in [6.07, 6.45) is 3.15. The van der Waals surface area contributed by atoms with Crippen LogP contribution in [0.4, 0.5) is 5.82 Å². The molecule has 1 N–H and O–H groups in total. The average molecular weight is 293 g/mol. The largest absolute Gasteiger partial charge is 0.383 e. The minimum atomic E-state index is 0.606. The second-order valence-electron chi connectivity index (χ2n) is 5.99. The quantitative estimate of drug-likeness (QED) is 0.673. The lowest BCUT2D eigenvalue weighted by molar-refractivity contribution is 0.204. The van der Waals surface area contributed by atoms with Gasteiger partial charge in [0, 0.05) is 32.9 Å². The van der Waals surface area contributed by atoms with E-state index in [4.69, 9.17) is 9.72 Å². The van der Waals surface area contributed by atoms with Crippen molar-refractivity contribution in [2.75, 3.05) is 38.3 Å². The Hall–Kier alpha value is -1.13. The molecule has 0 saturated carbocycles. The van der Waals surface area contributed by atoms with Crippen LogP contribution >= 0.6 is 0 Å². The van der Waals surface area contributed by atoms with Crippen LogP contribution in [0.2, 0.25) is 0 Å². The fraction of sp³-hybridized carbons (Fsp3) is 0.706. The maximum absolute atomic E-state index is 5.22. The highest BCUT2D eigenvalue weighted by Crippen LogP contribution is 2.19. The Balaban J connectivity index is 2.78. The minimum Gasteiger partial charge on any atom is -0.383 e. The number of pyridine rings is 1. The fourth-order valence-electron chi connectivity index (χ4n) is 2.39. The van der Waals surface area contributed by atoms with Gasteiger partial charge in [0.1, 0.15) is 5.82 Å². The topological polar surface area (TPSA) is 37.4 Å². The normalized spacial score (nSPS) is 11.1. The number of ether oxygens (including phenoxy) is 1. The highest BCUT2D eigenvalue weighted by Gasteiger charge is 2.12. The van der Waals surface area contributed by atoms with Crippen LogP contribution < -0.4 is 10.2 Å². The van der Waals surface area contributed by atoms with E-state index >= 15 is 0 Å². The molecule has 0 amide bonds. The standard InChI is InChI=1S/C17H31N3O/c1-6-7-18-11-16-10-15(4)17(19-12-16)20(8-9-21-5)13-14(2)3/h10,12,14,18H,6-9,11,13H2,1-5H3. The van der Waals surface area contributed by atoms with Gasteiger partial charge < -0.3 is 15.0 Å². The van der Waals surface area contributed by atoms with Gasteiger partial charge in [0.15, 0.2) is 0 Å². The Morgan fingerprint density at radius 3 is 2.71 bits per heavy atom. The lowest BCUT2D eigenvalue weighted by atomic mass is 10.1. The van der Waals surface area contributed by atoms with E-state index in [0.29, 0.717) is 5.92 Å². The van der Waals surface area contributed by atoms with Crippen LogP contribution in [-0.4, -0.2) is 38.3 Å². The van der Waals surface area contributed by atoms with E-state index in [9.17, 15) is 0 Å². The Kier molecular flexibility index (Phi) is 8.31. The number of rotatable bonds is 10. The van der Waals surface area contributed by atoms with Gasteiger partial charge in [-0.2, -0.15) is 0 Å². The lowest BCUT2D eigenvalue weighted by Crippen LogP contribution is -2.32. The first kappa shape index (κ1) is 17.9. The summed E-state index contributed by atoms with van der Waals surface area (Å²) in [4.78, 5) is 7.02. The molecule has 1 rings (SSSR count). The van der Waals surface area contributed by atoms with Crippen molar-refractivity contribution in [2.45, 2.75) is 40.7 Å². The molecule has 0 aliphatic rings. The number of aryl methyl sites for hydroxylation is 1. The molecule has 0 saturated heterocycles. The first-order chi connectivity index (χ1) is 10.1. The van der Waals surface area contributed by atoms with Gasteiger partial charge in [-0.05, 0) is 43.0 Å². The predicted octanol–water partition coefficient (Wildman–Crippen LogP) is 3.00. The van der Waals surface area contributed by atoms with E-state index in [1.807, 2.05) is 6.20 Å². The number of hydrogen-bond acceptors (Lipinski definition) is 4. The van der Waals surface area contributed by atoms with Crippen LogP contribution in [0.1, 0.15) is 38.3 Å². The molecule has 0 aliphatic heterocycles. The van der Waals surface area contributed by atoms with E-state index in [-0.39, 0.29) is 0 Å². The summed E-state index contributed by atoms with van der Waals surface area (Å²) in [5.74, 6) is 1.69. The SMILES string of the molecule is CCCNCc1cnc(N(CCOC)CC(C)C)c(C)c1. The molecular weight excluding hydrogens is 262 g/mol. The molecule has 120 valence electrons. The molecule has 4 nitrogen and oxygen atoms in total. The van der Waals surface area contributed by atoms with Gasteiger partial charge in [-0.25, -0.2) is 4.98 Å². The number of hydrogen-bond donors (Lipinski definition) is 1. The van der Waals surface area contributed by atoms with Crippen molar-refractivity contribution in [1.82, 2.24) is 10.3 Å². The average Bonchev–Trinajstić information content (AvgIpc) is 2.44. The van der Waals surface area contributed by atoms with E-state index in [0.717, 1.165) is 45.0 Å². The van der Waals surface area contributed by atoms with Gasteiger partial charge in [0.25, 0.3) is 0 Å². The maximum Gasteiger partial charge on any atom is 0.131 e. The Morgan fingerprint density at radius 1 is 1.38 bits per heavy atom. The third-order valence-corrected chi connectivity index (χ3v) is 3.31. The third kappa shape index (κ3) is 6.44. The van der Waals surface area contributed by atoms with Crippen molar-refractivity contribution in [3.63, 3.8) is 0 Å². The van der Waals surface area contributed by atoms with Crippen molar-refractivity contribution in [2.24, 2.45) is 5.92 Å². The second-order valence-corrected chi connectivity index (χ2v) is 5.99. The molecule has 0 bridgehead atoms. The van der Waals surface area contributed by atoms with E-state index in [2.05, 4.69) is 44.0 Å². The molecule has 0 atom stereocenters.